The van der Waals surface area contributed by atoms with Gasteiger partial charge in [0.15, 0.2) is 0 Å². The largest absolute Gasteiger partial charge is 0.478 e. The SMILES string of the molecule is NC(=S)CN1CCN(Cc2ccc(C(=O)O)cc2)CC1. The summed E-state index contributed by atoms with van der Waals surface area (Å²) in [6, 6.07) is 7.07. The molecule has 0 spiro atoms. The van der Waals surface area contributed by atoms with Crippen molar-refractivity contribution >= 4 is 23.2 Å². The number of nitrogens with two attached hydrogens (primary N) is 1. The summed E-state index contributed by atoms with van der Waals surface area (Å²) in [6.45, 7) is 5.42. The van der Waals surface area contributed by atoms with Gasteiger partial charge in [-0.25, -0.2) is 4.79 Å². The van der Waals surface area contributed by atoms with Crippen molar-refractivity contribution in [1.29, 1.82) is 0 Å². The van der Waals surface area contributed by atoms with Crippen LogP contribution in [0.25, 0.3) is 0 Å². The highest BCUT2D eigenvalue weighted by Gasteiger charge is 2.17. The zero-order chi connectivity index (χ0) is 14.5. The van der Waals surface area contributed by atoms with Crippen LogP contribution in [0.5, 0.6) is 0 Å². The Morgan fingerprint density at radius 2 is 1.70 bits per heavy atom. The monoisotopic (exact) mass is 293 g/mol. The van der Waals surface area contributed by atoms with E-state index in [2.05, 4.69) is 9.80 Å². The molecule has 3 N–H and O–H groups in total. The van der Waals surface area contributed by atoms with E-state index in [1.54, 1.807) is 12.1 Å². The number of nitrogens with zero attached hydrogens (tertiary/aromatic N) is 2. The molecule has 1 saturated heterocycles. The van der Waals surface area contributed by atoms with Crippen molar-refractivity contribution in [1.82, 2.24) is 9.80 Å². The number of benzene rings is 1. The van der Waals surface area contributed by atoms with Crippen LogP contribution in [-0.2, 0) is 6.54 Å². The van der Waals surface area contributed by atoms with E-state index in [4.69, 9.17) is 23.1 Å². The Labute approximate surface area is 124 Å². The standard InChI is InChI=1S/C14H19N3O2S/c15-13(20)10-17-7-5-16(6-8-17)9-11-1-3-12(4-2-11)14(18)19/h1-4H,5-10H2,(H2,15,20)(H,18,19). The second kappa shape index (κ2) is 6.78. The number of piperazine rings is 1. The number of aromatic carboxylic acids is 1. The maximum Gasteiger partial charge on any atom is 0.335 e. The first-order chi connectivity index (χ1) is 9.54. The van der Waals surface area contributed by atoms with Gasteiger partial charge in [0.05, 0.1) is 10.6 Å². The number of hydrogen-bond donors (Lipinski definition) is 2. The molecular weight excluding hydrogens is 274 g/mol. The fraction of sp³-hybridized carbons (Fsp3) is 0.429. The Morgan fingerprint density at radius 3 is 2.20 bits per heavy atom. The van der Waals surface area contributed by atoms with Gasteiger partial charge in [0.1, 0.15) is 0 Å². The van der Waals surface area contributed by atoms with Crippen LogP contribution in [0.3, 0.4) is 0 Å². The molecule has 1 aliphatic heterocycles. The van der Waals surface area contributed by atoms with Crippen LogP contribution in [0.15, 0.2) is 24.3 Å². The summed E-state index contributed by atoms with van der Waals surface area (Å²) in [7, 11) is 0. The molecule has 1 heterocycles. The van der Waals surface area contributed by atoms with Crippen LogP contribution in [0.1, 0.15) is 15.9 Å². The van der Waals surface area contributed by atoms with E-state index in [1.165, 1.54) is 0 Å². The second-order valence-electron chi connectivity index (χ2n) is 5.02. The molecule has 0 atom stereocenters. The van der Waals surface area contributed by atoms with Gasteiger partial charge in [-0.3, -0.25) is 9.80 Å². The summed E-state index contributed by atoms with van der Waals surface area (Å²) < 4.78 is 0. The smallest absolute Gasteiger partial charge is 0.335 e. The lowest BCUT2D eigenvalue weighted by molar-refractivity contribution is 0.0697. The summed E-state index contributed by atoms with van der Waals surface area (Å²) in [6.07, 6.45) is 0. The highest BCUT2D eigenvalue weighted by atomic mass is 32.1. The van der Waals surface area contributed by atoms with Crippen molar-refractivity contribution in [3.05, 3.63) is 35.4 Å². The molecule has 1 aromatic rings. The first kappa shape index (κ1) is 14.9. The van der Waals surface area contributed by atoms with Crippen molar-refractivity contribution in [3.63, 3.8) is 0 Å². The lowest BCUT2D eigenvalue weighted by atomic mass is 10.1. The average Bonchev–Trinajstić information content (AvgIpc) is 2.41. The van der Waals surface area contributed by atoms with Crippen LogP contribution in [0.4, 0.5) is 0 Å². The van der Waals surface area contributed by atoms with Gasteiger partial charge < -0.3 is 10.8 Å². The Morgan fingerprint density at radius 1 is 1.15 bits per heavy atom. The lowest BCUT2D eigenvalue weighted by Crippen LogP contribution is -2.48. The van der Waals surface area contributed by atoms with Gasteiger partial charge in [-0.1, -0.05) is 24.4 Å². The molecule has 20 heavy (non-hydrogen) atoms. The molecule has 6 heteroatoms. The lowest BCUT2D eigenvalue weighted by Gasteiger charge is -2.34. The Bertz CT molecular complexity index is 482. The molecular formula is C14H19N3O2S. The molecule has 2 rings (SSSR count). The van der Waals surface area contributed by atoms with Gasteiger partial charge in [0, 0.05) is 39.3 Å². The number of hydrogen-bond acceptors (Lipinski definition) is 4. The number of carboxylic acids is 1. The minimum Gasteiger partial charge on any atom is -0.478 e. The molecule has 0 unspecified atom stereocenters. The zero-order valence-corrected chi connectivity index (χ0v) is 12.1. The van der Waals surface area contributed by atoms with Gasteiger partial charge >= 0.3 is 5.97 Å². The quantitative estimate of drug-likeness (QED) is 0.782. The normalized spacial score (nSPS) is 17.0. The second-order valence-corrected chi connectivity index (χ2v) is 5.55. The Kier molecular flexibility index (Phi) is 5.05. The van der Waals surface area contributed by atoms with Gasteiger partial charge in [0.2, 0.25) is 0 Å². The molecule has 0 aromatic heterocycles. The predicted molar refractivity (Wildman–Crippen MR) is 81.9 cm³/mol. The van der Waals surface area contributed by atoms with E-state index in [9.17, 15) is 4.79 Å². The van der Waals surface area contributed by atoms with Crippen molar-refractivity contribution in [2.24, 2.45) is 5.73 Å². The van der Waals surface area contributed by atoms with Gasteiger partial charge in [-0.15, -0.1) is 0 Å². The summed E-state index contributed by atoms with van der Waals surface area (Å²) in [5, 5.41) is 8.86. The highest BCUT2D eigenvalue weighted by Crippen LogP contribution is 2.10. The van der Waals surface area contributed by atoms with Crippen LogP contribution in [0, 0.1) is 0 Å². The number of carboxylic acid groups (broad SMARTS) is 1. The molecule has 1 aromatic carbocycles. The summed E-state index contributed by atoms with van der Waals surface area (Å²) in [5.41, 5.74) is 7.01. The molecule has 0 amide bonds. The summed E-state index contributed by atoms with van der Waals surface area (Å²) in [4.78, 5) is 15.9. The van der Waals surface area contributed by atoms with E-state index < -0.39 is 5.97 Å². The van der Waals surface area contributed by atoms with Crippen molar-refractivity contribution in [3.8, 4) is 0 Å². The number of thiocarbonyl (C=S) groups is 1. The predicted octanol–water partition coefficient (Wildman–Crippen LogP) is 0.788. The first-order valence-corrected chi connectivity index (χ1v) is 7.00. The van der Waals surface area contributed by atoms with Gasteiger partial charge in [0.25, 0.3) is 0 Å². The van der Waals surface area contributed by atoms with E-state index in [0.717, 1.165) is 38.3 Å². The highest BCUT2D eigenvalue weighted by molar-refractivity contribution is 7.80. The van der Waals surface area contributed by atoms with Crippen molar-refractivity contribution in [2.75, 3.05) is 32.7 Å². The van der Waals surface area contributed by atoms with Gasteiger partial charge in [-0.05, 0) is 17.7 Å². The molecule has 0 radical (unpaired) electrons. The van der Waals surface area contributed by atoms with Gasteiger partial charge in [-0.2, -0.15) is 0 Å². The van der Waals surface area contributed by atoms with E-state index in [-0.39, 0.29) is 0 Å². The number of carbonyl (C=O) groups is 1. The van der Waals surface area contributed by atoms with Crippen molar-refractivity contribution < 1.29 is 9.90 Å². The molecule has 5 nitrogen and oxygen atoms in total. The summed E-state index contributed by atoms with van der Waals surface area (Å²) in [5.74, 6) is -0.886. The third-order valence-electron chi connectivity index (χ3n) is 3.45. The molecule has 0 saturated carbocycles. The minimum absolute atomic E-state index is 0.329. The fourth-order valence-corrected chi connectivity index (χ4v) is 2.52. The first-order valence-electron chi connectivity index (χ1n) is 6.60. The maximum absolute atomic E-state index is 10.8. The van der Waals surface area contributed by atoms with E-state index in [1.807, 2.05) is 12.1 Å². The molecule has 108 valence electrons. The molecule has 1 aliphatic rings. The minimum atomic E-state index is -0.886. The summed E-state index contributed by atoms with van der Waals surface area (Å²) >= 11 is 4.92. The van der Waals surface area contributed by atoms with E-state index >= 15 is 0 Å². The van der Waals surface area contributed by atoms with Crippen LogP contribution in [0.2, 0.25) is 0 Å². The fourth-order valence-electron chi connectivity index (χ4n) is 2.34. The maximum atomic E-state index is 10.8. The van der Waals surface area contributed by atoms with Crippen LogP contribution < -0.4 is 5.73 Å². The van der Waals surface area contributed by atoms with Crippen molar-refractivity contribution in [2.45, 2.75) is 6.54 Å². The average molecular weight is 293 g/mol. The Balaban J connectivity index is 1.83. The topological polar surface area (TPSA) is 69.8 Å². The molecule has 0 aliphatic carbocycles. The third-order valence-corrected chi connectivity index (χ3v) is 3.58. The van der Waals surface area contributed by atoms with Crippen LogP contribution >= 0.6 is 12.2 Å². The Hall–Kier alpha value is -1.50. The van der Waals surface area contributed by atoms with E-state index in [0.29, 0.717) is 17.1 Å². The molecule has 1 fully saturated rings. The molecule has 0 bridgehead atoms. The van der Waals surface area contributed by atoms with Crippen LogP contribution in [-0.4, -0.2) is 58.6 Å². The number of rotatable bonds is 5. The third kappa shape index (κ3) is 4.26. The zero-order valence-electron chi connectivity index (χ0n) is 11.3.